The number of nitrogens with one attached hydrogen (secondary N) is 1. The van der Waals surface area contributed by atoms with Gasteiger partial charge in [0.05, 0.1) is 27.8 Å². The normalized spacial score (nSPS) is 12.6. The maximum absolute atomic E-state index is 12.8. The van der Waals surface area contributed by atoms with E-state index in [0.717, 1.165) is 21.4 Å². The van der Waals surface area contributed by atoms with Crippen LogP contribution in [0.5, 0.6) is 0 Å². The Morgan fingerprint density at radius 3 is 2.50 bits per heavy atom. The van der Waals surface area contributed by atoms with Crippen molar-refractivity contribution in [2.24, 2.45) is 0 Å². The molecule has 8 nitrogen and oxygen atoms in total. The maximum Gasteiger partial charge on any atom is 0.247 e. The molecular weight excluding hydrogens is 424 g/mol. The minimum atomic E-state index is -1.73. The topological polar surface area (TPSA) is 107 Å². The van der Waals surface area contributed by atoms with Crippen LogP contribution in [0.25, 0.3) is 16.9 Å². The summed E-state index contributed by atoms with van der Waals surface area (Å²) in [5.41, 5.74) is 2.87. The predicted octanol–water partition coefficient (Wildman–Crippen LogP) is 4.52. The molecule has 2 aromatic carbocycles. The molecule has 2 N–H and O–H groups in total. The molecule has 0 aliphatic carbocycles. The van der Waals surface area contributed by atoms with E-state index in [-0.39, 0.29) is 0 Å². The van der Waals surface area contributed by atoms with Gasteiger partial charge >= 0.3 is 0 Å². The van der Waals surface area contributed by atoms with Crippen LogP contribution in [0.2, 0.25) is 0 Å². The number of hydroxylamine groups is 1. The molecule has 32 heavy (non-hydrogen) atoms. The van der Waals surface area contributed by atoms with Gasteiger partial charge in [-0.3, -0.25) is 0 Å². The highest BCUT2D eigenvalue weighted by Crippen LogP contribution is 2.26. The van der Waals surface area contributed by atoms with Gasteiger partial charge in [0.25, 0.3) is 0 Å². The Labute approximate surface area is 188 Å². The van der Waals surface area contributed by atoms with Crippen molar-refractivity contribution in [3.63, 3.8) is 0 Å². The number of anilines is 2. The van der Waals surface area contributed by atoms with Crippen LogP contribution < -0.4 is 5.32 Å². The minimum absolute atomic E-state index is 0.413. The maximum atomic E-state index is 12.8. The molecule has 162 valence electrons. The zero-order chi connectivity index (χ0) is 22.9. The molecule has 0 radical (unpaired) electrons. The Kier molecular flexibility index (Phi) is 5.76. The lowest BCUT2D eigenvalue weighted by Gasteiger charge is -2.27. The fourth-order valence-electron chi connectivity index (χ4n) is 3.05. The third-order valence-corrected chi connectivity index (χ3v) is 6.21. The molecule has 2 aromatic heterocycles. The standard InChI is InChI=1S/C23H22N6O2S/c1-23(2,3)29(30)32(31)19-7-4-6-17(14-19)20-8-5-9-21-26-22(27-28(20)21)25-18-12-10-16(15-24)11-13-18/h4-14,30H,1-3H3,(H,25,27). The van der Waals surface area contributed by atoms with E-state index in [2.05, 4.69) is 21.5 Å². The molecule has 2 heterocycles. The van der Waals surface area contributed by atoms with Crippen LogP contribution in [0.4, 0.5) is 11.6 Å². The number of pyridine rings is 1. The van der Waals surface area contributed by atoms with Gasteiger partial charge in [-0.15, -0.1) is 5.10 Å². The molecule has 0 amide bonds. The number of aromatic nitrogens is 3. The quantitative estimate of drug-likeness (QED) is 0.437. The van der Waals surface area contributed by atoms with Crippen LogP contribution in [0.15, 0.2) is 71.6 Å². The molecule has 4 rings (SSSR count). The Morgan fingerprint density at radius 2 is 1.81 bits per heavy atom. The van der Waals surface area contributed by atoms with Gasteiger partial charge in [0, 0.05) is 11.3 Å². The highest BCUT2D eigenvalue weighted by atomic mass is 32.2. The molecule has 0 aliphatic rings. The number of rotatable bonds is 5. The van der Waals surface area contributed by atoms with Gasteiger partial charge in [0.2, 0.25) is 5.95 Å². The highest BCUT2D eigenvalue weighted by Gasteiger charge is 2.26. The Hall–Kier alpha value is -3.58. The molecule has 0 bridgehead atoms. The van der Waals surface area contributed by atoms with Crippen molar-refractivity contribution in [3.05, 3.63) is 72.3 Å². The van der Waals surface area contributed by atoms with E-state index in [0.29, 0.717) is 22.1 Å². The van der Waals surface area contributed by atoms with E-state index >= 15 is 0 Å². The van der Waals surface area contributed by atoms with Crippen molar-refractivity contribution < 1.29 is 9.42 Å². The van der Waals surface area contributed by atoms with Crippen molar-refractivity contribution in [1.82, 2.24) is 19.1 Å². The summed E-state index contributed by atoms with van der Waals surface area (Å²) in [7, 11) is -1.73. The lowest BCUT2D eigenvalue weighted by Crippen LogP contribution is -2.39. The fourth-order valence-corrected chi connectivity index (χ4v) is 4.17. The van der Waals surface area contributed by atoms with Crippen LogP contribution in [0.3, 0.4) is 0 Å². The first-order valence-corrected chi connectivity index (χ1v) is 11.0. The zero-order valence-electron chi connectivity index (χ0n) is 17.9. The summed E-state index contributed by atoms with van der Waals surface area (Å²) in [5, 5.41) is 27.0. The SMILES string of the molecule is CC(C)(C)N(O)S(=O)c1cccc(-c2cccc3nc(Nc4ccc(C#N)cc4)nn23)c1. The van der Waals surface area contributed by atoms with Gasteiger partial charge in [-0.05, 0) is 69.3 Å². The molecule has 0 spiro atoms. The second-order valence-electron chi connectivity index (χ2n) is 8.15. The fraction of sp³-hybridized carbons (Fsp3) is 0.174. The van der Waals surface area contributed by atoms with Gasteiger partial charge in [0.1, 0.15) is 0 Å². The summed E-state index contributed by atoms with van der Waals surface area (Å²) < 4.78 is 15.4. The molecule has 0 fully saturated rings. The Morgan fingerprint density at radius 1 is 1.09 bits per heavy atom. The minimum Gasteiger partial charge on any atom is -0.323 e. The lowest BCUT2D eigenvalue weighted by molar-refractivity contribution is -0.0614. The van der Waals surface area contributed by atoms with Crippen LogP contribution >= 0.6 is 0 Å². The summed E-state index contributed by atoms with van der Waals surface area (Å²) in [6.45, 7) is 5.36. The molecule has 1 atom stereocenters. The van der Waals surface area contributed by atoms with Crippen molar-refractivity contribution in [1.29, 1.82) is 5.26 Å². The number of nitriles is 1. The molecular formula is C23H22N6O2S. The molecule has 1 unspecified atom stereocenters. The second-order valence-corrected chi connectivity index (χ2v) is 9.47. The van der Waals surface area contributed by atoms with Gasteiger partial charge in [-0.2, -0.15) is 10.2 Å². The van der Waals surface area contributed by atoms with Gasteiger partial charge < -0.3 is 10.5 Å². The first kappa shape index (κ1) is 21.6. The average Bonchev–Trinajstić information content (AvgIpc) is 3.20. The third kappa shape index (κ3) is 4.38. The van der Waals surface area contributed by atoms with Crippen LogP contribution in [-0.4, -0.2) is 34.0 Å². The van der Waals surface area contributed by atoms with E-state index in [1.165, 1.54) is 0 Å². The molecule has 0 aliphatic heterocycles. The predicted molar refractivity (Wildman–Crippen MR) is 123 cm³/mol. The summed E-state index contributed by atoms with van der Waals surface area (Å²) in [5.74, 6) is 0.413. The van der Waals surface area contributed by atoms with E-state index in [4.69, 9.17) is 5.26 Å². The van der Waals surface area contributed by atoms with Crippen molar-refractivity contribution in [2.45, 2.75) is 31.2 Å². The van der Waals surface area contributed by atoms with E-state index in [1.807, 2.05) is 24.3 Å². The largest absolute Gasteiger partial charge is 0.323 e. The lowest BCUT2D eigenvalue weighted by atomic mass is 10.1. The van der Waals surface area contributed by atoms with Crippen LogP contribution in [0.1, 0.15) is 26.3 Å². The highest BCUT2D eigenvalue weighted by molar-refractivity contribution is 7.82. The number of nitrogens with zero attached hydrogens (tertiary/aromatic N) is 5. The van der Waals surface area contributed by atoms with Gasteiger partial charge in [-0.1, -0.05) is 22.7 Å². The Bertz CT molecular complexity index is 1340. The summed E-state index contributed by atoms with van der Waals surface area (Å²) in [6.07, 6.45) is 0. The van der Waals surface area contributed by atoms with E-state index in [1.54, 1.807) is 67.8 Å². The van der Waals surface area contributed by atoms with Crippen LogP contribution in [0, 0.1) is 11.3 Å². The van der Waals surface area contributed by atoms with Gasteiger partial charge in [-0.25, -0.2) is 8.72 Å². The number of hydrogen-bond donors (Lipinski definition) is 2. The smallest absolute Gasteiger partial charge is 0.247 e. The van der Waals surface area contributed by atoms with Crippen molar-refractivity contribution >= 4 is 28.3 Å². The molecule has 4 aromatic rings. The van der Waals surface area contributed by atoms with E-state index < -0.39 is 16.5 Å². The zero-order valence-corrected chi connectivity index (χ0v) is 18.7. The summed E-state index contributed by atoms with van der Waals surface area (Å²) in [6, 6.07) is 21.9. The van der Waals surface area contributed by atoms with Crippen LogP contribution in [-0.2, 0) is 11.0 Å². The number of hydrogen-bond acceptors (Lipinski definition) is 6. The number of benzene rings is 2. The third-order valence-electron chi connectivity index (χ3n) is 4.69. The molecule has 0 saturated carbocycles. The summed E-state index contributed by atoms with van der Waals surface area (Å²) in [4.78, 5) is 5.00. The molecule has 9 heteroatoms. The molecule has 0 saturated heterocycles. The first-order valence-electron chi connectivity index (χ1n) is 9.91. The average molecular weight is 447 g/mol. The van der Waals surface area contributed by atoms with E-state index in [9.17, 15) is 9.42 Å². The van der Waals surface area contributed by atoms with Gasteiger partial charge in [0.15, 0.2) is 16.6 Å². The first-order chi connectivity index (χ1) is 15.3. The summed E-state index contributed by atoms with van der Waals surface area (Å²) >= 11 is 0. The van der Waals surface area contributed by atoms with Crippen molar-refractivity contribution in [2.75, 3.05) is 5.32 Å². The number of fused-ring (bicyclic) bond motifs is 1. The second kappa shape index (κ2) is 8.51. The van der Waals surface area contributed by atoms with Crippen molar-refractivity contribution in [3.8, 4) is 17.3 Å². The Balaban J connectivity index is 1.68. The monoisotopic (exact) mass is 446 g/mol.